The molecular weight excluding hydrogens is 254 g/mol. The second-order valence-electron chi connectivity index (χ2n) is 5.96. The molecule has 2 N–H and O–H groups in total. The molecule has 0 bridgehead atoms. The molecule has 114 valence electrons. The fraction of sp³-hybridized carbons (Fsp3) is 0.867. The number of piperidine rings is 2. The molecule has 0 aromatic carbocycles. The molecule has 2 fully saturated rings. The van der Waals surface area contributed by atoms with E-state index < -0.39 is 0 Å². The highest BCUT2D eigenvalue weighted by atomic mass is 16.2. The number of nitrogens with zero attached hydrogens (tertiary/aromatic N) is 1. The maximum atomic E-state index is 12.2. The minimum atomic E-state index is 0.0857. The molecule has 0 spiro atoms. The molecule has 20 heavy (non-hydrogen) atoms. The molecule has 2 saturated heterocycles. The third-order valence-corrected chi connectivity index (χ3v) is 4.33. The Hall–Kier alpha value is -1.10. The fourth-order valence-electron chi connectivity index (χ4n) is 3.06. The first-order valence-electron chi connectivity index (χ1n) is 7.99. The van der Waals surface area contributed by atoms with Gasteiger partial charge in [-0.25, -0.2) is 0 Å². The number of nitrogens with one attached hydrogen (secondary N) is 2. The van der Waals surface area contributed by atoms with Gasteiger partial charge in [-0.3, -0.25) is 9.59 Å². The Morgan fingerprint density at radius 2 is 2.00 bits per heavy atom. The van der Waals surface area contributed by atoms with Crippen molar-refractivity contribution < 1.29 is 9.59 Å². The second kappa shape index (κ2) is 7.62. The number of likely N-dealkylation sites (tertiary alicyclic amines) is 1. The van der Waals surface area contributed by atoms with Crippen LogP contribution in [-0.2, 0) is 9.59 Å². The summed E-state index contributed by atoms with van der Waals surface area (Å²) in [6.07, 6.45) is 5.35. The molecule has 2 heterocycles. The lowest BCUT2D eigenvalue weighted by atomic mass is 9.94. The third-order valence-electron chi connectivity index (χ3n) is 4.33. The summed E-state index contributed by atoms with van der Waals surface area (Å²) >= 11 is 0. The van der Waals surface area contributed by atoms with Crippen molar-refractivity contribution in [2.24, 2.45) is 5.92 Å². The van der Waals surface area contributed by atoms with Gasteiger partial charge in [0.25, 0.3) is 0 Å². The monoisotopic (exact) mass is 281 g/mol. The van der Waals surface area contributed by atoms with Crippen LogP contribution in [0.3, 0.4) is 0 Å². The van der Waals surface area contributed by atoms with Gasteiger partial charge in [0.2, 0.25) is 11.8 Å². The Kier molecular flexibility index (Phi) is 5.83. The molecule has 1 atom stereocenters. The van der Waals surface area contributed by atoms with Gasteiger partial charge < -0.3 is 15.5 Å². The Morgan fingerprint density at radius 1 is 1.25 bits per heavy atom. The number of carbonyl (C=O) groups is 2. The van der Waals surface area contributed by atoms with Crippen LogP contribution in [0, 0.1) is 5.92 Å². The van der Waals surface area contributed by atoms with Crippen molar-refractivity contribution in [1.82, 2.24) is 15.5 Å². The van der Waals surface area contributed by atoms with Crippen LogP contribution in [0.25, 0.3) is 0 Å². The van der Waals surface area contributed by atoms with Crippen LogP contribution in [0.1, 0.15) is 45.4 Å². The molecular formula is C15H27N3O2. The zero-order chi connectivity index (χ0) is 14.4. The Morgan fingerprint density at radius 3 is 2.60 bits per heavy atom. The molecule has 0 saturated carbocycles. The number of carbonyl (C=O) groups excluding carboxylic acids is 2. The molecule has 0 radical (unpaired) electrons. The minimum absolute atomic E-state index is 0.0857. The molecule has 5 nitrogen and oxygen atoms in total. The van der Waals surface area contributed by atoms with Crippen molar-refractivity contribution in [1.29, 1.82) is 0 Å². The first-order valence-corrected chi connectivity index (χ1v) is 7.99. The van der Waals surface area contributed by atoms with E-state index >= 15 is 0 Å². The van der Waals surface area contributed by atoms with E-state index in [0.29, 0.717) is 6.42 Å². The van der Waals surface area contributed by atoms with Gasteiger partial charge >= 0.3 is 0 Å². The average molecular weight is 281 g/mol. The molecule has 2 aliphatic rings. The summed E-state index contributed by atoms with van der Waals surface area (Å²) in [5.74, 6) is 0.506. The molecule has 2 rings (SSSR count). The van der Waals surface area contributed by atoms with Crippen LogP contribution in [0.15, 0.2) is 0 Å². The van der Waals surface area contributed by atoms with E-state index in [9.17, 15) is 9.59 Å². The quantitative estimate of drug-likeness (QED) is 0.804. The average Bonchev–Trinajstić information content (AvgIpc) is 2.48. The van der Waals surface area contributed by atoms with Gasteiger partial charge in [0.1, 0.15) is 0 Å². The summed E-state index contributed by atoms with van der Waals surface area (Å²) in [7, 11) is 0. The Bertz CT molecular complexity index is 332. The predicted molar refractivity (Wildman–Crippen MR) is 78.2 cm³/mol. The minimum Gasteiger partial charge on any atom is -0.352 e. The van der Waals surface area contributed by atoms with Gasteiger partial charge in [-0.2, -0.15) is 0 Å². The lowest BCUT2D eigenvalue weighted by Crippen LogP contribution is -2.49. The highest BCUT2D eigenvalue weighted by molar-refractivity contribution is 5.80. The van der Waals surface area contributed by atoms with E-state index in [-0.39, 0.29) is 23.8 Å². The van der Waals surface area contributed by atoms with Gasteiger partial charge in [0.15, 0.2) is 0 Å². The fourth-order valence-corrected chi connectivity index (χ4v) is 3.06. The highest BCUT2D eigenvalue weighted by Crippen LogP contribution is 2.19. The van der Waals surface area contributed by atoms with E-state index in [1.165, 1.54) is 0 Å². The zero-order valence-corrected chi connectivity index (χ0v) is 12.5. The van der Waals surface area contributed by atoms with Gasteiger partial charge in [0, 0.05) is 38.0 Å². The van der Waals surface area contributed by atoms with E-state index in [1.54, 1.807) is 0 Å². The van der Waals surface area contributed by atoms with E-state index in [2.05, 4.69) is 10.6 Å². The van der Waals surface area contributed by atoms with Gasteiger partial charge in [-0.05, 0) is 38.6 Å². The summed E-state index contributed by atoms with van der Waals surface area (Å²) in [5.41, 5.74) is 0. The van der Waals surface area contributed by atoms with E-state index in [0.717, 1.165) is 58.3 Å². The normalized spacial score (nSPS) is 24.4. The largest absolute Gasteiger partial charge is 0.352 e. The van der Waals surface area contributed by atoms with Crippen LogP contribution in [0.4, 0.5) is 0 Å². The molecule has 0 aromatic heterocycles. The van der Waals surface area contributed by atoms with Crippen LogP contribution < -0.4 is 10.6 Å². The Labute approximate surface area is 121 Å². The summed E-state index contributed by atoms with van der Waals surface area (Å²) in [6, 6.07) is 0.288. The van der Waals surface area contributed by atoms with Crippen LogP contribution in [0.2, 0.25) is 0 Å². The maximum absolute atomic E-state index is 12.2. The van der Waals surface area contributed by atoms with Crippen molar-refractivity contribution in [3.05, 3.63) is 0 Å². The molecule has 2 aliphatic heterocycles. The molecule has 0 aliphatic carbocycles. The number of amides is 2. The lowest BCUT2D eigenvalue weighted by molar-refractivity contribution is -0.135. The number of rotatable bonds is 4. The van der Waals surface area contributed by atoms with Gasteiger partial charge in [-0.1, -0.05) is 6.92 Å². The standard InChI is InChI=1S/C15H27N3O2/c1-2-4-14(19)18-9-6-12(7-10-18)15(20)17-13-5-3-8-16-11-13/h12-13,16H,2-11H2,1H3,(H,17,20)/t13-/m0/s1. The summed E-state index contributed by atoms with van der Waals surface area (Å²) in [6.45, 7) is 5.44. The SMILES string of the molecule is CCCC(=O)N1CCC(C(=O)N[C@H]2CCCNC2)CC1. The summed E-state index contributed by atoms with van der Waals surface area (Å²) < 4.78 is 0. The number of hydrogen-bond donors (Lipinski definition) is 2. The number of hydrogen-bond acceptors (Lipinski definition) is 3. The van der Waals surface area contributed by atoms with Crippen molar-refractivity contribution in [3.8, 4) is 0 Å². The molecule has 2 amide bonds. The zero-order valence-electron chi connectivity index (χ0n) is 12.5. The van der Waals surface area contributed by atoms with Crippen molar-refractivity contribution >= 4 is 11.8 Å². The first-order chi connectivity index (χ1) is 9.70. The Balaban J connectivity index is 1.72. The van der Waals surface area contributed by atoms with Crippen molar-refractivity contribution in [2.45, 2.75) is 51.5 Å². The van der Waals surface area contributed by atoms with E-state index in [4.69, 9.17) is 0 Å². The summed E-state index contributed by atoms with van der Waals surface area (Å²) in [5, 5.41) is 6.46. The van der Waals surface area contributed by atoms with Gasteiger partial charge in [-0.15, -0.1) is 0 Å². The molecule has 0 aromatic rings. The van der Waals surface area contributed by atoms with Crippen molar-refractivity contribution in [3.63, 3.8) is 0 Å². The van der Waals surface area contributed by atoms with Crippen LogP contribution in [-0.4, -0.2) is 48.9 Å². The predicted octanol–water partition coefficient (Wildman–Crippen LogP) is 0.893. The van der Waals surface area contributed by atoms with Gasteiger partial charge in [0.05, 0.1) is 0 Å². The maximum Gasteiger partial charge on any atom is 0.223 e. The lowest BCUT2D eigenvalue weighted by Gasteiger charge is -2.33. The van der Waals surface area contributed by atoms with Crippen molar-refractivity contribution in [2.75, 3.05) is 26.2 Å². The molecule has 0 unspecified atom stereocenters. The topological polar surface area (TPSA) is 61.4 Å². The summed E-state index contributed by atoms with van der Waals surface area (Å²) in [4.78, 5) is 25.9. The van der Waals surface area contributed by atoms with Crippen LogP contribution >= 0.6 is 0 Å². The van der Waals surface area contributed by atoms with E-state index in [1.807, 2.05) is 11.8 Å². The smallest absolute Gasteiger partial charge is 0.223 e. The first kappa shape index (κ1) is 15.3. The highest BCUT2D eigenvalue weighted by Gasteiger charge is 2.28. The van der Waals surface area contributed by atoms with Crippen LogP contribution in [0.5, 0.6) is 0 Å². The second-order valence-corrected chi connectivity index (χ2v) is 5.96. The molecule has 5 heteroatoms. The third kappa shape index (κ3) is 4.20.